The fourth-order valence-corrected chi connectivity index (χ4v) is 4.12. The topological polar surface area (TPSA) is 50.2 Å². The van der Waals surface area contributed by atoms with Gasteiger partial charge in [-0.3, -0.25) is 4.79 Å². The number of thiazole rings is 1. The largest absolute Gasteiger partial charge is 0.481 e. The number of hydrogen-bond donors (Lipinski definition) is 1. The molecule has 1 aliphatic rings. The van der Waals surface area contributed by atoms with E-state index in [1.807, 2.05) is 18.7 Å². The molecule has 0 aliphatic carbocycles. The van der Waals surface area contributed by atoms with Crippen molar-refractivity contribution < 1.29 is 9.90 Å². The van der Waals surface area contributed by atoms with Crippen molar-refractivity contribution in [2.75, 3.05) is 5.75 Å². The standard InChI is InChI=1S/C10H13NO2S2/c1-6-7(5-9(12)13)11-10(15-6)8-3-2-4-14-8/h8H,2-5H2,1H3,(H,12,13). The predicted molar refractivity (Wildman–Crippen MR) is 62.6 cm³/mol. The van der Waals surface area contributed by atoms with Crippen LogP contribution in [0.3, 0.4) is 0 Å². The number of aryl methyl sites for hydroxylation is 1. The smallest absolute Gasteiger partial charge is 0.309 e. The maximum absolute atomic E-state index is 10.6. The second-order valence-electron chi connectivity index (χ2n) is 3.63. The average Bonchev–Trinajstić information content (AvgIpc) is 2.75. The summed E-state index contributed by atoms with van der Waals surface area (Å²) >= 11 is 3.60. The third-order valence-electron chi connectivity index (χ3n) is 2.43. The van der Waals surface area contributed by atoms with Crippen LogP contribution in [0.2, 0.25) is 0 Å². The van der Waals surface area contributed by atoms with Gasteiger partial charge in [0.2, 0.25) is 0 Å². The summed E-state index contributed by atoms with van der Waals surface area (Å²) in [6, 6.07) is 0. The van der Waals surface area contributed by atoms with Gasteiger partial charge < -0.3 is 5.11 Å². The van der Waals surface area contributed by atoms with Gasteiger partial charge in [0.1, 0.15) is 5.01 Å². The van der Waals surface area contributed by atoms with E-state index >= 15 is 0 Å². The molecule has 0 saturated carbocycles. The highest BCUT2D eigenvalue weighted by atomic mass is 32.2. The Morgan fingerprint density at radius 1 is 1.67 bits per heavy atom. The molecule has 0 aromatic carbocycles. The van der Waals surface area contributed by atoms with Crippen molar-refractivity contribution in [3.05, 3.63) is 15.6 Å². The van der Waals surface area contributed by atoms with Crippen LogP contribution >= 0.6 is 23.1 Å². The third kappa shape index (κ3) is 2.52. The minimum Gasteiger partial charge on any atom is -0.481 e. The zero-order chi connectivity index (χ0) is 10.8. The van der Waals surface area contributed by atoms with E-state index in [1.165, 1.54) is 18.6 Å². The number of thioether (sulfide) groups is 1. The Hall–Kier alpha value is -0.550. The van der Waals surface area contributed by atoms with Crippen LogP contribution in [-0.4, -0.2) is 21.8 Å². The van der Waals surface area contributed by atoms with Gasteiger partial charge in [-0.1, -0.05) is 0 Å². The molecule has 0 amide bonds. The summed E-state index contributed by atoms with van der Waals surface area (Å²) in [5, 5.41) is 10.4. The van der Waals surface area contributed by atoms with Crippen LogP contribution in [0.1, 0.15) is 33.7 Å². The molecule has 5 heteroatoms. The number of aliphatic carboxylic acids is 1. The summed E-state index contributed by atoms with van der Waals surface area (Å²) in [5.41, 5.74) is 0.745. The summed E-state index contributed by atoms with van der Waals surface area (Å²) in [6.07, 6.45) is 2.49. The van der Waals surface area contributed by atoms with E-state index in [4.69, 9.17) is 5.11 Å². The minimum absolute atomic E-state index is 0.0553. The first kappa shape index (κ1) is 11.0. The Bertz CT molecular complexity index is 369. The Morgan fingerprint density at radius 3 is 3.07 bits per heavy atom. The van der Waals surface area contributed by atoms with Crippen LogP contribution in [0.15, 0.2) is 0 Å². The molecule has 1 saturated heterocycles. The molecule has 1 N–H and O–H groups in total. The van der Waals surface area contributed by atoms with Gasteiger partial charge in [-0.05, 0) is 25.5 Å². The molecule has 1 unspecified atom stereocenters. The molecule has 0 bridgehead atoms. The predicted octanol–water partition coefficient (Wildman–Crippen LogP) is 2.65. The van der Waals surface area contributed by atoms with Crippen molar-refractivity contribution in [2.45, 2.75) is 31.4 Å². The maximum Gasteiger partial charge on any atom is 0.309 e. The Labute approximate surface area is 96.9 Å². The van der Waals surface area contributed by atoms with E-state index in [9.17, 15) is 4.79 Å². The van der Waals surface area contributed by atoms with Gasteiger partial charge >= 0.3 is 5.97 Å². The lowest BCUT2D eigenvalue weighted by atomic mass is 10.2. The first-order valence-corrected chi connectivity index (χ1v) is 6.83. The lowest BCUT2D eigenvalue weighted by molar-refractivity contribution is -0.136. The number of hydrogen-bond acceptors (Lipinski definition) is 4. The zero-order valence-corrected chi connectivity index (χ0v) is 10.2. The molecule has 3 nitrogen and oxygen atoms in total. The van der Waals surface area contributed by atoms with E-state index in [-0.39, 0.29) is 6.42 Å². The number of carboxylic acid groups (broad SMARTS) is 1. The Balaban J connectivity index is 2.16. The maximum atomic E-state index is 10.6. The van der Waals surface area contributed by atoms with Crippen LogP contribution in [0.25, 0.3) is 0 Å². The molecule has 1 aromatic rings. The van der Waals surface area contributed by atoms with Crippen molar-refractivity contribution >= 4 is 29.1 Å². The average molecular weight is 243 g/mol. The van der Waals surface area contributed by atoms with Crippen molar-refractivity contribution in [2.24, 2.45) is 0 Å². The molecule has 2 rings (SSSR count). The second kappa shape index (κ2) is 4.53. The van der Waals surface area contributed by atoms with E-state index in [1.54, 1.807) is 11.3 Å². The van der Waals surface area contributed by atoms with Gasteiger partial charge in [0.25, 0.3) is 0 Å². The lowest BCUT2D eigenvalue weighted by Gasteiger charge is -2.01. The van der Waals surface area contributed by atoms with E-state index < -0.39 is 5.97 Å². The second-order valence-corrected chi connectivity index (χ2v) is 6.17. The van der Waals surface area contributed by atoms with Crippen LogP contribution in [-0.2, 0) is 11.2 Å². The summed E-state index contributed by atoms with van der Waals surface area (Å²) < 4.78 is 0. The first-order chi connectivity index (χ1) is 7.16. The number of carbonyl (C=O) groups is 1. The summed E-state index contributed by atoms with van der Waals surface area (Å²) in [5.74, 6) is 0.409. The van der Waals surface area contributed by atoms with E-state index in [0.717, 1.165) is 15.6 Å². The monoisotopic (exact) mass is 243 g/mol. The highest BCUT2D eigenvalue weighted by Gasteiger charge is 2.22. The van der Waals surface area contributed by atoms with Crippen molar-refractivity contribution in [1.82, 2.24) is 4.98 Å². The summed E-state index contributed by atoms with van der Waals surface area (Å²) in [7, 11) is 0. The molecule has 1 aromatic heterocycles. The highest BCUT2D eigenvalue weighted by Crippen LogP contribution is 2.41. The minimum atomic E-state index is -0.797. The summed E-state index contributed by atoms with van der Waals surface area (Å²) in [4.78, 5) is 16.1. The highest BCUT2D eigenvalue weighted by molar-refractivity contribution is 7.99. The van der Waals surface area contributed by atoms with Gasteiger partial charge in [-0.2, -0.15) is 11.8 Å². The first-order valence-electron chi connectivity index (χ1n) is 4.96. The van der Waals surface area contributed by atoms with Gasteiger partial charge in [-0.25, -0.2) is 4.98 Å². The van der Waals surface area contributed by atoms with Crippen molar-refractivity contribution in [3.63, 3.8) is 0 Å². The number of carboxylic acids is 1. The van der Waals surface area contributed by atoms with Gasteiger partial charge in [-0.15, -0.1) is 11.3 Å². The SMILES string of the molecule is Cc1sc(C2CCCS2)nc1CC(=O)O. The molecule has 2 heterocycles. The Kier molecular flexibility index (Phi) is 3.31. The zero-order valence-electron chi connectivity index (χ0n) is 8.52. The van der Waals surface area contributed by atoms with Crippen molar-refractivity contribution in [3.8, 4) is 0 Å². The van der Waals surface area contributed by atoms with E-state index in [0.29, 0.717) is 5.25 Å². The lowest BCUT2D eigenvalue weighted by Crippen LogP contribution is -2.02. The van der Waals surface area contributed by atoms with Crippen LogP contribution in [0.5, 0.6) is 0 Å². The fraction of sp³-hybridized carbons (Fsp3) is 0.600. The van der Waals surface area contributed by atoms with Gasteiger partial charge in [0, 0.05) is 4.88 Å². The number of rotatable bonds is 3. The molecule has 15 heavy (non-hydrogen) atoms. The quantitative estimate of drug-likeness (QED) is 0.886. The molecule has 0 spiro atoms. The number of aromatic nitrogens is 1. The van der Waals surface area contributed by atoms with Crippen molar-refractivity contribution in [1.29, 1.82) is 0 Å². The van der Waals surface area contributed by atoms with Gasteiger partial charge in [0.15, 0.2) is 0 Å². The molecule has 1 fully saturated rings. The van der Waals surface area contributed by atoms with E-state index in [2.05, 4.69) is 4.98 Å². The molecule has 1 aliphatic heterocycles. The van der Waals surface area contributed by atoms with Crippen LogP contribution in [0.4, 0.5) is 0 Å². The molecular formula is C10H13NO2S2. The molecule has 1 atom stereocenters. The van der Waals surface area contributed by atoms with Crippen LogP contribution in [0, 0.1) is 6.92 Å². The fourth-order valence-electron chi connectivity index (χ4n) is 1.67. The van der Waals surface area contributed by atoms with Crippen LogP contribution < -0.4 is 0 Å². The summed E-state index contributed by atoms with van der Waals surface area (Å²) in [6.45, 7) is 1.96. The number of nitrogens with zero attached hydrogens (tertiary/aromatic N) is 1. The molecule has 82 valence electrons. The Morgan fingerprint density at radius 2 is 2.47 bits per heavy atom. The normalized spacial score (nSPS) is 20.7. The molecular weight excluding hydrogens is 230 g/mol. The van der Waals surface area contributed by atoms with Gasteiger partial charge in [0.05, 0.1) is 17.4 Å². The third-order valence-corrected chi connectivity index (χ3v) is 5.09. The molecule has 0 radical (unpaired) electrons.